The molecule has 0 saturated carbocycles. The summed E-state index contributed by atoms with van der Waals surface area (Å²) in [6.07, 6.45) is 67.4. The van der Waals surface area contributed by atoms with E-state index >= 15 is 0 Å². The van der Waals surface area contributed by atoms with Crippen LogP contribution < -0.4 is 0 Å². The van der Waals surface area contributed by atoms with Crippen LogP contribution in [0.5, 0.6) is 0 Å². The fraction of sp³-hybridized carbons (Fsp3) is 0.707. The van der Waals surface area contributed by atoms with E-state index in [2.05, 4.69) is 106 Å². The Hall–Kier alpha value is -3.41. The highest BCUT2D eigenvalue weighted by Gasteiger charge is 2.19. The van der Waals surface area contributed by atoms with Crippen molar-refractivity contribution in [2.24, 2.45) is 0 Å². The maximum Gasteiger partial charge on any atom is 0.306 e. The molecular formula is C58H98O6. The average molecular weight is 891 g/mol. The largest absolute Gasteiger partial charge is 0.462 e. The monoisotopic (exact) mass is 891 g/mol. The molecule has 1 unspecified atom stereocenters. The second-order valence-electron chi connectivity index (χ2n) is 17.4. The third-order valence-corrected chi connectivity index (χ3v) is 11.1. The lowest BCUT2D eigenvalue weighted by molar-refractivity contribution is -0.167. The molecule has 0 fully saturated rings. The summed E-state index contributed by atoms with van der Waals surface area (Å²) in [7, 11) is 0. The van der Waals surface area contributed by atoms with Crippen molar-refractivity contribution in [3.05, 3.63) is 85.1 Å². The molecule has 0 aliphatic carbocycles. The number of ether oxygens (including phenoxy) is 3. The van der Waals surface area contributed by atoms with Gasteiger partial charge in [-0.1, -0.05) is 215 Å². The zero-order chi connectivity index (χ0) is 46.5. The standard InChI is InChI=1S/C58H98O6/c1-4-7-10-13-16-18-20-22-24-26-28-29-31-32-34-36-38-40-42-45-48-51-57(60)63-54-55(53-62-56(59)50-47-44-15-12-9-6-3)64-58(61)52-49-46-43-41-39-37-35-33-30-27-25-23-21-19-17-14-11-8-5-2/h7,10,16,18,22-25,28-29,32,34,38,40,55H,4-6,8-9,11-15,17,19-21,26-27,30-31,33,35-37,39,41-54H2,1-3H3/b10-7-,18-16-,24-22-,25-23-,29-28-,34-32-,40-38-. The van der Waals surface area contributed by atoms with Gasteiger partial charge in [0.25, 0.3) is 0 Å². The Kier molecular flexibility index (Phi) is 49.4. The van der Waals surface area contributed by atoms with E-state index in [0.717, 1.165) is 96.3 Å². The summed E-state index contributed by atoms with van der Waals surface area (Å²) in [5.74, 6) is -0.948. The lowest BCUT2D eigenvalue weighted by Gasteiger charge is -2.18. The van der Waals surface area contributed by atoms with Gasteiger partial charge in [0.05, 0.1) is 0 Å². The van der Waals surface area contributed by atoms with Crippen LogP contribution in [-0.2, 0) is 28.6 Å². The second-order valence-corrected chi connectivity index (χ2v) is 17.4. The third-order valence-electron chi connectivity index (χ3n) is 11.1. The molecule has 0 amide bonds. The van der Waals surface area contributed by atoms with Crippen molar-refractivity contribution >= 4 is 17.9 Å². The smallest absolute Gasteiger partial charge is 0.306 e. The van der Waals surface area contributed by atoms with Gasteiger partial charge in [-0.15, -0.1) is 0 Å². The van der Waals surface area contributed by atoms with E-state index < -0.39 is 6.10 Å². The molecule has 0 radical (unpaired) electrons. The summed E-state index contributed by atoms with van der Waals surface area (Å²) >= 11 is 0. The van der Waals surface area contributed by atoms with E-state index in [1.807, 2.05) is 0 Å². The quantitative estimate of drug-likeness (QED) is 0.0262. The normalized spacial score (nSPS) is 12.7. The SMILES string of the molecule is CC/C=C\C/C=C\C/C=C\C/C=C\C/C=C\C/C=C\CCCCC(=O)OCC(COC(=O)CCCCCCCC)OC(=O)CCCCCCCCCCC/C=C\CCCCCCCC. The zero-order valence-corrected chi connectivity index (χ0v) is 41.8. The molecule has 64 heavy (non-hydrogen) atoms. The van der Waals surface area contributed by atoms with Crippen LogP contribution in [-0.4, -0.2) is 37.2 Å². The summed E-state index contributed by atoms with van der Waals surface area (Å²) in [5, 5.41) is 0. The van der Waals surface area contributed by atoms with Crippen molar-refractivity contribution in [2.45, 2.75) is 252 Å². The average Bonchev–Trinajstić information content (AvgIpc) is 3.29. The van der Waals surface area contributed by atoms with Gasteiger partial charge < -0.3 is 14.2 Å². The first-order valence-electron chi connectivity index (χ1n) is 26.6. The molecule has 0 aromatic carbocycles. The van der Waals surface area contributed by atoms with Gasteiger partial charge in [-0.25, -0.2) is 0 Å². The van der Waals surface area contributed by atoms with Crippen molar-refractivity contribution in [3.8, 4) is 0 Å². The molecule has 6 heteroatoms. The summed E-state index contributed by atoms with van der Waals surface area (Å²) in [6.45, 7) is 6.42. The Balaban J connectivity index is 4.29. The Morgan fingerprint density at radius 1 is 0.328 bits per heavy atom. The molecule has 0 heterocycles. The summed E-state index contributed by atoms with van der Waals surface area (Å²) in [4.78, 5) is 37.8. The second kappa shape index (κ2) is 52.2. The van der Waals surface area contributed by atoms with Crippen molar-refractivity contribution in [1.29, 1.82) is 0 Å². The maximum atomic E-state index is 12.8. The molecule has 0 saturated heterocycles. The van der Waals surface area contributed by atoms with Crippen molar-refractivity contribution < 1.29 is 28.6 Å². The van der Waals surface area contributed by atoms with Gasteiger partial charge in [0.1, 0.15) is 13.2 Å². The summed E-state index contributed by atoms with van der Waals surface area (Å²) < 4.78 is 16.7. The molecule has 6 nitrogen and oxygen atoms in total. The predicted octanol–water partition coefficient (Wildman–Crippen LogP) is 17.6. The number of hydrogen-bond acceptors (Lipinski definition) is 6. The van der Waals surface area contributed by atoms with Crippen LogP contribution in [0.25, 0.3) is 0 Å². The maximum absolute atomic E-state index is 12.8. The molecular weight excluding hydrogens is 793 g/mol. The Bertz CT molecular complexity index is 1250. The highest BCUT2D eigenvalue weighted by atomic mass is 16.6. The number of esters is 3. The molecule has 0 aromatic rings. The number of unbranched alkanes of at least 4 members (excludes halogenated alkanes) is 22. The van der Waals surface area contributed by atoms with E-state index in [-0.39, 0.29) is 31.1 Å². The molecule has 0 aliphatic heterocycles. The highest BCUT2D eigenvalue weighted by Crippen LogP contribution is 2.14. The topological polar surface area (TPSA) is 78.9 Å². The van der Waals surface area contributed by atoms with Gasteiger partial charge in [-0.05, 0) is 96.3 Å². The number of rotatable bonds is 47. The van der Waals surface area contributed by atoms with Gasteiger partial charge in [-0.3, -0.25) is 14.4 Å². The van der Waals surface area contributed by atoms with E-state index in [9.17, 15) is 14.4 Å². The number of carbonyl (C=O) groups is 3. The van der Waals surface area contributed by atoms with E-state index in [1.54, 1.807) is 0 Å². The molecule has 0 spiro atoms. The minimum absolute atomic E-state index is 0.0914. The number of allylic oxidation sites excluding steroid dienone is 14. The number of carbonyl (C=O) groups excluding carboxylic acids is 3. The molecule has 0 aliphatic rings. The van der Waals surface area contributed by atoms with Crippen LogP contribution in [0.1, 0.15) is 245 Å². The van der Waals surface area contributed by atoms with Crippen molar-refractivity contribution in [2.75, 3.05) is 13.2 Å². The van der Waals surface area contributed by atoms with Crippen molar-refractivity contribution in [1.82, 2.24) is 0 Å². The zero-order valence-electron chi connectivity index (χ0n) is 41.8. The van der Waals surface area contributed by atoms with Gasteiger partial charge in [-0.2, -0.15) is 0 Å². The first-order valence-corrected chi connectivity index (χ1v) is 26.6. The third kappa shape index (κ3) is 49.6. The molecule has 0 N–H and O–H groups in total. The lowest BCUT2D eigenvalue weighted by Crippen LogP contribution is -2.30. The Morgan fingerprint density at radius 3 is 1.00 bits per heavy atom. The Labute approximate surface area is 395 Å². The van der Waals surface area contributed by atoms with Gasteiger partial charge in [0.2, 0.25) is 0 Å². The molecule has 0 aromatic heterocycles. The van der Waals surface area contributed by atoms with Gasteiger partial charge in [0, 0.05) is 19.3 Å². The fourth-order valence-corrected chi connectivity index (χ4v) is 7.15. The number of hydrogen-bond donors (Lipinski definition) is 0. The summed E-state index contributed by atoms with van der Waals surface area (Å²) in [5.41, 5.74) is 0. The minimum Gasteiger partial charge on any atom is -0.462 e. The lowest BCUT2D eigenvalue weighted by atomic mass is 10.1. The van der Waals surface area contributed by atoms with E-state index in [4.69, 9.17) is 14.2 Å². The fourth-order valence-electron chi connectivity index (χ4n) is 7.15. The first-order chi connectivity index (χ1) is 31.5. The van der Waals surface area contributed by atoms with Crippen LogP contribution in [0.2, 0.25) is 0 Å². The van der Waals surface area contributed by atoms with E-state index in [0.29, 0.717) is 19.3 Å². The van der Waals surface area contributed by atoms with Crippen molar-refractivity contribution in [3.63, 3.8) is 0 Å². The Morgan fingerprint density at radius 2 is 0.609 bits per heavy atom. The molecule has 0 bridgehead atoms. The van der Waals surface area contributed by atoms with Crippen LogP contribution >= 0.6 is 0 Å². The first kappa shape index (κ1) is 60.6. The molecule has 1 atom stereocenters. The summed E-state index contributed by atoms with van der Waals surface area (Å²) in [6, 6.07) is 0. The van der Waals surface area contributed by atoms with Crippen LogP contribution in [0.3, 0.4) is 0 Å². The highest BCUT2D eigenvalue weighted by molar-refractivity contribution is 5.71. The predicted molar refractivity (Wildman–Crippen MR) is 274 cm³/mol. The molecule has 366 valence electrons. The van der Waals surface area contributed by atoms with Gasteiger partial charge in [0.15, 0.2) is 6.10 Å². The van der Waals surface area contributed by atoms with Crippen LogP contribution in [0, 0.1) is 0 Å². The van der Waals surface area contributed by atoms with E-state index in [1.165, 1.54) is 109 Å². The van der Waals surface area contributed by atoms with Crippen LogP contribution in [0.15, 0.2) is 85.1 Å². The molecule has 0 rings (SSSR count). The van der Waals surface area contributed by atoms with Gasteiger partial charge >= 0.3 is 17.9 Å². The minimum atomic E-state index is -0.792. The van der Waals surface area contributed by atoms with Crippen LogP contribution in [0.4, 0.5) is 0 Å².